The van der Waals surface area contributed by atoms with Crippen LogP contribution in [0, 0.1) is 5.41 Å². The molecule has 7 nitrogen and oxygen atoms in total. The first-order valence-electron chi connectivity index (χ1n) is 6.21. The number of rotatable bonds is 4. The molecule has 0 radical (unpaired) electrons. The van der Waals surface area contributed by atoms with Crippen molar-refractivity contribution in [1.29, 1.82) is 0 Å². The summed E-state index contributed by atoms with van der Waals surface area (Å²) < 4.78 is 4.95. The summed E-state index contributed by atoms with van der Waals surface area (Å²) in [4.78, 5) is 23.5. The number of carboxylic acid groups (broad SMARTS) is 1. The Bertz CT molecular complexity index is 565. The Hall–Kier alpha value is -2.06. The van der Waals surface area contributed by atoms with E-state index in [0.29, 0.717) is 0 Å². The average molecular weight is 295 g/mol. The predicted octanol–water partition coefficient (Wildman–Crippen LogP) is 0.0578. The van der Waals surface area contributed by atoms with Crippen molar-refractivity contribution in [2.75, 3.05) is 12.4 Å². The monoisotopic (exact) mass is 295 g/mol. The lowest BCUT2D eigenvalue weighted by Crippen LogP contribution is -2.37. The molecule has 0 spiro atoms. The Kier molecular flexibility index (Phi) is 4.98. The number of hydrogen-bond acceptors (Lipinski definition) is 5. The van der Waals surface area contributed by atoms with Crippen molar-refractivity contribution in [3.05, 3.63) is 17.7 Å². The number of anilines is 1. The fourth-order valence-electron chi connectivity index (χ4n) is 1.63. The Morgan fingerprint density at radius 3 is 2.19 bits per heavy atom. The van der Waals surface area contributed by atoms with Gasteiger partial charge < -0.3 is 25.2 Å². The van der Waals surface area contributed by atoms with Crippen LogP contribution in [-0.2, 0) is 4.79 Å². The first kappa shape index (κ1) is 17.0. The maximum atomic E-state index is 12.1. The molecular weight excluding hydrogens is 277 g/mol. The summed E-state index contributed by atoms with van der Waals surface area (Å²) in [5, 5.41) is 30.5. The van der Waals surface area contributed by atoms with E-state index in [0.717, 1.165) is 0 Å². The number of carbonyl (C=O) groups is 2. The lowest BCUT2D eigenvalue weighted by molar-refractivity contribution is -0.123. The summed E-state index contributed by atoms with van der Waals surface area (Å²) in [6.07, 6.45) is 0. The van der Waals surface area contributed by atoms with Gasteiger partial charge in [-0.05, 0) is 6.07 Å². The van der Waals surface area contributed by atoms with Crippen molar-refractivity contribution < 1.29 is 29.5 Å². The third kappa shape index (κ3) is 3.74. The Balaban J connectivity index is 3.50. The van der Waals surface area contributed by atoms with Gasteiger partial charge in [-0.25, -0.2) is 4.79 Å². The van der Waals surface area contributed by atoms with E-state index >= 15 is 0 Å². The van der Waals surface area contributed by atoms with Crippen LogP contribution in [0.25, 0.3) is 0 Å². The van der Waals surface area contributed by atoms with E-state index in [-0.39, 0.29) is 22.5 Å². The number of carbonyl (C=O) groups excluding carboxylic acids is 1. The zero-order valence-electron chi connectivity index (χ0n) is 12.3. The van der Waals surface area contributed by atoms with Gasteiger partial charge in [-0.3, -0.25) is 4.79 Å². The molecule has 0 aliphatic heterocycles. The summed E-state index contributed by atoms with van der Waals surface area (Å²) in [5.74, 6) is -1.80. The van der Waals surface area contributed by atoms with Crippen LogP contribution >= 0.6 is 0 Å². The van der Waals surface area contributed by atoms with Gasteiger partial charge in [0, 0.05) is 10.9 Å². The van der Waals surface area contributed by atoms with Crippen molar-refractivity contribution in [3.63, 3.8) is 0 Å². The van der Waals surface area contributed by atoms with Crippen LogP contribution in [0.2, 0.25) is 0 Å². The van der Waals surface area contributed by atoms with E-state index in [2.05, 4.69) is 5.32 Å². The average Bonchev–Trinajstić information content (AvgIpc) is 2.35. The highest BCUT2D eigenvalue weighted by atomic mass is 16.5. The number of amides is 1. The number of nitrogens with one attached hydrogen (secondary N) is 1. The molecule has 21 heavy (non-hydrogen) atoms. The third-order valence-corrected chi connectivity index (χ3v) is 2.83. The second-order valence-electron chi connectivity index (χ2n) is 5.49. The molecule has 1 amide bonds. The van der Waals surface area contributed by atoms with Crippen LogP contribution in [0.3, 0.4) is 0 Å². The summed E-state index contributed by atoms with van der Waals surface area (Å²) in [7, 11) is -0.643. The molecule has 4 N–H and O–H groups in total. The van der Waals surface area contributed by atoms with E-state index in [1.807, 2.05) is 0 Å². The number of ether oxygens (including phenoxy) is 1. The molecule has 114 valence electrons. The fourth-order valence-corrected chi connectivity index (χ4v) is 1.63. The predicted molar refractivity (Wildman–Crippen MR) is 77.9 cm³/mol. The van der Waals surface area contributed by atoms with E-state index in [1.165, 1.54) is 19.2 Å². The normalized spacial score (nSPS) is 11.0. The Morgan fingerprint density at radius 1 is 1.24 bits per heavy atom. The van der Waals surface area contributed by atoms with Gasteiger partial charge in [0.15, 0.2) is 0 Å². The van der Waals surface area contributed by atoms with Gasteiger partial charge in [0.05, 0.1) is 12.8 Å². The van der Waals surface area contributed by atoms with E-state index < -0.39 is 24.4 Å². The van der Waals surface area contributed by atoms with Crippen molar-refractivity contribution >= 4 is 30.1 Å². The van der Waals surface area contributed by atoms with Crippen LogP contribution in [0.5, 0.6) is 5.75 Å². The molecule has 0 heterocycles. The number of methoxy groups -OCH3 is 1. The number of hydrogen-bond donors (Lipinski definition) is 4. The molecule has 1 rings (SSSR count). The van der Waals surface area contributed by atoms with Crippen LogP contribution in [0.15, 0.2) is 12.1 Å². The number of carboxylic acids is 1. The highest BCUT2D eigenvalue weighted by Gasteiger charge is 2.29. The molecule has 0 fully saturated rings. The standard InChI is InChI=1S/C13H18BNO6/c1-13(2,3)12(18)15-10-7(14(19)20)5-6-8(21-4)9(10)11(16)17/h5-6,19-20H,1-4H3,(H,15,18)(H,16,17). The molecule has 0 aliphatic carbocycles. The lowest BCUT2D eigenvalue weighted by atomic mass is 9.77. The van der Waals surface area contributed by atoms with Crippen molar-refractivity contribution in [2.24, 2.45) is 5.41 Å². The third-order valence-electron chi connectivity index (χ3n) is 2.83. The van der Waals surface area contributed by atoms with Gasteiger partial charge in [-0.2, -0.15) is 0 Å². The second-order valence-corrected chi connectivity index (χ2v) is 5.49. The molecule has 1 aromatic carbocycles. The first-order chi connectivity index (χ1) is 9.59. The highest BCUT2D eigenvalue weighted by Crippen LogP contribution is 2.27. The van der Waals surface area contributed by atoms with Crippen LogP contribution in [-0.4, -0.2) is 41.3 Å². The quantitative estimate of drug-likeness (QED) is 0.584. The van der Waals surface area contributed by atoms with Gasteiger partial charge >= 0.3 is 13.1 Å². The SMILES string of the molecule is COc1ccc(B(O)O)c(NC(=O)C(C)(C)C)c1C(=O)O. The van der Waals surface area contributed by atoms with Gasteiger partial charge in [0.2, 0.25) is 5.91 Å². The summed E-state index contributed by atoms with van der Waals surface area (Å²) in [5.41, 5.74) is -1.42. The lowest BCUT2D eigenvalue weighted by Gasteiger charge is -2.21. The van der Waals surface area contributed by atoms with Gasteiger partial charge in [0.25, 0.3) is 0 Å². The van der Waals surface area contributed by atoms with Crippen LogP contribution in [0.1, 0.15) is 31.1 Å². The van der Waals surface area contributed by atoms with Crippen molar-refractivity contribution in [1.82, 2.24) is 0 Å². The summed E-state index contributed by atoms with van der Waals surface area (Å²) >= 11 is 0. The Morgan fingerprint density at radius 2 is 1.81 bits per heavy atom. The fraction of sp³-hybridized carbons (Fsp3) is 0.385. The summed E-state index contributed by atoms with van der Waals surface area (Å²) in [6, 6.07) is 2.58. The Labute approximate surface area is 122 Å². The van der Waals surface area contributed by atoms with Gasteiger partial charge in [0.1, 0.15) is 11.3 Å². The highest BCUT2D eigenvalue weighted by molar-refractivity contribution is 6.61. The van der Waals surface area contributed by atoms with Gasteiger partial charge in [-0.15, -0.1) is 0 Å². The summed E-state index contributed by atoms with van der Waals surface area (Å²) in [6.45, 7) is 4.95. The van der Waals surface area contributed by atoms with Crippen molar-refractivity contribution in [2.45, 2.75) is 20.8 Å². The number of aromatic carboxylic acids is 1. The topological polar surface area (TPSA) is 116 Å². The zero-order chi connectivity index (χ0) is 16.4. The van der Waals surface area contributed by atoms with Gasteiger partial charge in [-0.1, -0.05) is 26.8 Å². The molecule has 8 heteroatoms. The zero-order valence-corrected chi connectivity index (χ0v) is 12.3. The first-order valence-corrected chi connectivity index (χ1v) is 6.21. The molecule has 0 aromatic heterocycles. The smallest absolute Gasteiger partial charge is 0.490 e. The minimum Gasteiger partial charge on any atom is -0.496 e. The van der Waals surface area contributed by atoms with E-state index in [4.69, 9.17) is 4.74 Å². The molecule has 0 unspecified atom stereocenters. The molecule has 0 aliphatic rings. The minimum absolute atomic E-state index is 0.0103. The maximum absolute atomic E-state index is 12.1. The molecule has 0 atom stereocenters. The van der Waals surface area contributed by atoms with Crippen LogP contribution < -0.4 is 15.5 Å². The molecular formula is C13H18BNO6. The van der Waals surface area contributed by atoms with Crippen molar-refractivity contribution in [3.8, 4) is 5.75 Å². The van der Waals surface area contributed by atoms with Crippen LogP contribution in [0.4, 0.5) is 5.69 Å². The molecule has 0 saturated heterocycles. The maximum Gasteiger partial charge on any atom is 0.490 e. The molecule has 1 aromatic rings. The molecule has 0 bridgehead atoms. The van der Waals surface area contributed by atoms with E-state index in [9.17, 15) is 24.7 Å². The van der Waals surface area contributed by atoms with E-state index in [1.54, 1.807) is 20.8 Å². The minimum atomic E-state index is -1.93. The molecule has 0 saturated carbocycles. The largest absolute Gasteiger partial charge is 0.496 e. The number of benzene rings is 1. The second kappa shape index (κ2) is 6.15.